The second kappa shape index (κ2) is 7.89. The molecule has 7 heteroatoms. The minimum Gasteiger partial charge on any atom is -0.274 e. The molecule has 5 nitrogen and oxygen atoms in total. The lowest BCUT2D eigenvalue weighted by Gasteiger charge is -2.09. The van der Waals surface area contributed by atoms with E-state index in [9.17, 15) is 14.0 Å². The van der Waals surface area contributed by atoms with Gasteiger partial charge in [0.25, 0.3) is 5.91 Å². The average Bonchev–Trinajstić information content (AvgIpc) is 2.88. The third-order valence-electron chi connectivity index (χ3n) is 4.30. The number of aliphatic imine (C=N–C) groups is 1. The van der Waals surface area contributed by atoms with E-state index in [0.717, 1.165) is 15.4 Å². The lowest BCUT2D eigenvalue weighted by atomic mass is 10.0. The standard InChI is InChI=1S/C22H16FN3O2S/c1-13(27)25-26-22(28)14-10-11-20-18(12-14)24-21(15-6-2-4-8-17(15)23)16-7-3-5-9-19(16)29-20/h2-12H,1H3,(H,25,27)(H,26,28). The first-order valence-electron chi connectivity index (χ1n) is 8.85. The maximum Gasteiger partial charge on any atom is 0.269 e. The van der Waals surface area contributed by atoms with E-state index >= 15 is 0 Å². The Morgan fingerprint density at radius 2 is 1.62 bits per heavy atom. The van der Waals surface area contributed by atoms with E-state index < -0.39 is 5.91 Å². The summed E-state index contributed by atoms with van der Waals surface area (Å²) in [6.07, 6.45) is 0. The van der Waals surface area contributed by atoms with E-state index in [0.29, 0.717) is 22.5 Å². The molecule has 0 atom stereocenters. The molecule has 4 rings (SSSR count). The number of amides is 2. The van der Waals surface area contributed by atoms with E-state index in [1.54, 1.807) is 36.4 Å². The van der Waals surface area contributed by atoms with Gasteiger partial charge in [-0.15, -0.1) is 0 Å². The Hall–Kier alpha value is -3.45. The van der Waals surface area contributed by atoms with Gasteiger partial charge < -0.3 is 0 Å². The van der Waals surface area contributed by atoms with E-state index in [1.165, 1.54) is 24.8 Å². The molecule has 0 saturated heterocycles. The van der Waals surface area contributed by atoms with Crippen LogP contribution in [0.1, 0.15) is 28.4 Å². The molecule has 2 amide bonds. The largest absolute Gasteiger partial charge is 0.274 e. The van der Waals surface area contributed by atoms with Crippen LogP contribution in [0, 0.1) is 5.82 Å². The normalized spacial score (nSPS) is 12.1. The van der Waals surface area contributed by atoms with E-state index in [2.05, 4.69) is 10.9 Å². The van der Waals surface area contributed by atoms with Crippen molar-refractivity contribution in [2.24, 2.45) is 4.99 Å². The van der Waals surface area contributed by atoms with Crippen molar-refractivity contribution in [3.8, 4) is 0 Å². The molecule has 2 N–H and O–H groups in total. The first-order chi connectivity index (χ1) is 14.0. The van der Waals surface area contributed by atoms with Crippen molar-refractivity contribution in [1.82, 2.24) is 10.9 Å². The third-order valence-corrected chi connectivity index (χ3v) is 5.44. The zero-order valence-electron chi connectivity index (χ0n) is 15.4. The number of rotatable bonds is 2. The highest BCUT2D eigenvalue weighted by Crippen LogP contribution is 2.41. The number of hydrazine groups is 1. The predicted molar refractivity (Wildman–Crippen MR) is 110 cm³/mol. The SMILES string of the molecule is CC(=O)NNC(=O)c1ccc2c(c1)N=C(c1ccccc1F)c1ccccc1S2. The fraction of sp³-hybridized carbons (Fsp3) is 0.0455. The van der Waals surface area contributed by atoms with Gasteiger partial charge in [-0.1, -0.05) is 42.1 Å². The summed E-state index contributed by atoms with van der Waals surface area (Å²) in [5, 5.41) is 0. The number of nitrogens with zero attached hydrogens (tertiary/aromatic N) is 1. The van der Waals surface area contributed by atoms with Crippen LogP contribution in [-0.2, 0) is 4.79 Å². The summed E-state index contributed by atoms with van der Waals surface area (Å²) in [6, 6.07) is 19.3. The molecule has 0 saturated carbocycles. The first-order valence-corrected chi connectivity index (χ1v) is 9.66. The highest BCUT2D eigenvalue weighted by molar-refractivity contribution is 7.99. The van der Waals surface area contributed by atoms with Crippen molar-refractivity contribution in [1.29, 1.82) is 0 Å². The van der Waals surface area contributed by atoms with Crippen LogP contribution in [-0.4, -0.2) is 17.5 Å². The molecule has 0 spiro atoms. The van der Waals surface area contributed by atoms with Gasteiger partial charge in [-0.25, -0.2) is 9.38 Å². The highest BCUT2D eigenvalue weighted by Gasteiger charge is 2.21. The molecule has 1 heterocycles. The van der Waals surface area contributed by atoms with Gasteiger partial charge in [-0.2, -0.15) is 0 Å². The molecule has 0 aromatic heterocycles. The lowest BCUT2D eigenvalue weighted by Crippen LogP contribution is -2.40. The van der Waals surface area contributed by atoms with Crippen molar-refractivity contribution in [2.45, 2.75) is 16.7 Å². The minimum absolute atomic E-state index is 0.334. The van der Waals surface area contributed by atoms with E-state index in [-0.39, 0.29) is 11.7 Å². The second-order valence-corrected chi connectivity index (χ2v) is 7.44. The Morgan fingerprint density at radius 1 is 0.897 bits per heavy atom. The maximum absolute atomic E-state index is 14.6. The maximum atomic E-state index is 14.6. The van der Waals surface area contributed by atoms with Crippen molar-refractivity contribution < 1.29 is 14.0 Å². The molecule has 3 aromatic carbocycles. The predicted octanol–water partition coefficient (Wildman–Crippen LogP) is 4.24. The lowest BCUT2D eigenvalue weighted by molar-refractivity contribution is -0.119. The molecule has 0 fully saturated rings. The number of benzene rings is 3. The molecule has 3 aromatic rings. The van der Waals surface area contributed by atoms with Gasteiger partial charge >= 0.3 is 0 Å². The van der Waals surface area contributed by atoms with Crippen LogP contribution in [0.2, 0.25) is 0 Å². The number of hydrogen-bond donors (Lipinski definition) is 2. The van der Waals surface area contributed by atoms with Gasteiger partial charge in [0, 0.05) is 33.4 Å². The number of nitrogens with one attached hydrogen (secondary N) is 2. The Kier molecular flexibility index (Phi) is 5.14. The summed E-state index contributed by atoms with van der Waals surface area (Å²) in [7, 11) is 0. The molecule has 0 aliphatic carbocycles. The number of halogens is 1. The van der Waals surface area contributed by atoms with Crippen LogP contribution < -0.4 is 10.9 Å². The van der Waals surface area contributed by atoms with Crippen LogP contribution in [0.25, 0.3) is 0 Å². The van der Waals surface area contributed by atoms with Gasteiger partial charge in [-0.3, -0.25) is 20.4 Å². The van der Waals surface area contributed by atoms with E-state index in [1.807, 2.05) is 24.3 Å². The molecule has 0 radical (unpaired) electrons. The van der Waals surface area contributed by atoms with Crippen LogP contribution in [0.4, 0.5) is 10.1 Å². The summed E-state index contributed by atoms with van der Waals surface area (Å²) in [4.78, 5) is 29.9. The number of fused-ring (bicyclic) bond motifs is 2. The summed E-state index contributed by atoms with van der Waals surface area (Å²) in [5.74, 6) is -1.20. The topological polar surface area (TPSA) is 70.6 Å². The fourth-order valence-corrected chi connectivity index (χ4v) is 3.96. The second-order valence-electron chi connectivity index (χ2n) is 6.36. The zero-order chi connectivity index (χ0) is 20.4. The average molecular weight is 405 g/mol. The smallest absolute Gasteiger partial charge is 0.269 e. The summed E-state index contributed by atoms with van der Waals surface area (Å²) in [5.41, 5.74) is 7.21. The van der Waals surface area contributed by atoms with Gasteiger partial charge in [0.1, 0.15) is 5.82 Å². The third kappa shape index (κ3) is 3.90. The van der Waals surface area contributed by atoms with Crippen molar-refractivity contribution in [3.05, 3.63) is 89.2 Å². The molecule has 1 aliphatic rings. The Balaban J connectivity index is 1.84. The summed E-state index contributed by atoms with van der Waals surface area (Å²) in [6.45, 7) is 1.30. The van der Waals surface area contributed by atoms with Gasteiger partial charge in [0.2, 0.25) is 5.91 Å². The zero-order valence-corrected chi connectivity index (χ0v) is 16.2. The van der Waals surface area contributed by atoms with Crippen LogP contribution >= 0.6 is 11.8 Å². The Labute approximate surface area is 171 Å². The van der Waals surface area contributed by atoms with Gasteiger partial charge in [0.15, 0.2) is 0 Å². The number of hydrogen-bond acceptors (Lipinski definition) is 4. The monoisotopic (exact) mass is 405 g/mol. The number of carbonyl (C=O) groups excluding carboxylic acids is 2. The fourth-order valence-electron chi connectivity index (χ4n) is 2.96. The van der Waals surface area contributed by atoms with Gasteiger partial charge in [-0.05, 0) is 36.4 Å². The minimum atomic E-state index is -0.461. The summed E-state index contributed by atoms with van der Waals surface area (Å²) < 4.78 is 14.6. The molecule has 0 unspecified atom stereocenters. The first kappa shape index (κ1) is 18.9. The Bertz CT molecular complexity index is 1160. The van der Waals surface area contributed by atoms with Crippen LogP contribution in [0.15, 0.2) is 81.5 Å². The molecule has 0 bridgehead atoms. The summed E-state index contributed by atoms with van der Waals surface area (Å²) >= 11 is 1.51. The molecular formula is C22H16FN3O2S. The van der Waals surface area contributed by atoms with Gasteiger partial charge in [0.05, 0.1) is 11.4 Å². The molecular weight excluding hydrogens is 389 g/mol. The van der Waals surface area contributed by atoms with Crippen molar-refractivity contribution >= 4 is 35.0 Å². The van der Waals surface area contributed by atoms with Crippen LogP contribution in [0.5, 0.6) is 0 Å². The quantitative estimate of drug-likeness (QED) is 0.490. The van der Waals surface area contributed by atoms with Crippen molar-refractivity contribution in [3.63, 3.8) is 0 Å². The highest BCUT2D eigenvalue weighted by atomic mass is 32.2. The van der Waals surface area contributed by atoms with Crippen LogP contribution in [0.3, 0.4) is 0 Å². The molecule has 1 aliphatic heterocycles. The van der Waals surface area contributed by atoms with Crippen molar-refractivity contribution in [2.75, 3.05) is 0 Å². The molecule has 144 valence electrons. The number of carbonyl (C=O) groups is 2. The molecule has 29 heavy (non-hydrogen) atoms. The van der Waals surface area contributed by atoms with E-state index in [4.69, 9.17) is 4.99 Å². The Morgan fingerprint density at radius 3 is 2.38 bits per heavy atom.